The fourth-order valence-corrected chi connectivity index (χ4v) is 4.70. The molecule has 4 rings (SSSR count). The molecule has 1 atom stereocenters. The molecule has 3 N–H and O–H groups in total. The molecule has 4 aromatic rings. The lowest BCUT2D eigenvalue weighted by atomic mass is 10.1. The van der Waals surface area contributed by atoms with Crippen molar-refractivity contribution in [2.24, 2.45) is 0 Å². The van der Waals surface area contributed by atoms with E-state index >= 15 is 0 Å². The molecule has 0 saturated heterocycles. The zero-order valence-electron chi connectivity index (χ0n) is 21.2. The lowest BCUT2D eigenvalue weighted by Crippen LogP contribution is -2.30. The van der Waals surface area contributed by atoms with Crippen LogP contribution in [0.2, 0.25) is 10.0 Å². The first-order valence-electron chi connectivity index (χ1n) is 12.1. The molecular formula is C30H24Cl2N4O3S. The van der Waals surface area contributed by atoms with Gasteiger partial charge in [0.25, 0.3) is 11.8 Å². The molecule has 1 heterocycles. The van der Waals surface area contributed by atoms with E-state index in [1.807, 2.05) is 6.07 Å². The SMILES string of the molecule is CC(Sc1cccc(NC(=O)/C(=C\c2ccccc2Cl)NC(=O)c2ccccc2)c1)C(=O)Nc1ccc(Cl)cn1. The van der Waals surface area contributed by atoms with Crippen molar-refractivity contribution < 1.29 is 14.4 Å². The highest BCUT2D eigenvalue weighted by Gasteiger charge is 2.18. The lowest BCUT2D eigenvalue weighted by molar-refractivity contribution is -0.115. The molecule has 0 aliphatic rings. The molecule has 0 radical (unpaired) electrons. The molecule has 1 unspecified atom stereocenters. The number of amides is 3. The molecule has 0 fully saturated rings. The second-order valence-electron chi connectivity index (χ2n) is 8.49. The zero-order chi connectivity index (χ0) is 28.5. The van der Waals surface area contributed by atoms with Crippen LogP contribution in [0.3, 0.4) is 0 Å². The minimum atomic E-state index is -0.536. The molecule has 3 aromatic carbocycles. The number of nitrogens with one attached hydrogen (secondary N) is 3. The summed E-state index contributed by atoms with van der Waals surface area (Å²) in [5.41, 5.74) is 1.48. The van der Waals surface area contributed by atoms with Crippen molar-refractivity contribution >= 4 is 70.3 Å². The Labute approximate surface area is 246 Å². The summed E-state index contributed by atoms with van der Waals surface area (Å²) in [4.78, 5) is 43.7. The standard InChI is InChI=1S/C30H24Cl2N4O3S/c1-19(28(37)36-27-15-14-22(31)18-33-27)40-24-12-7-11-23(17-24)34-30(39)26(16-21-10-5-6-13-25(21)32)35-29(38)20-8-3-2-4-9-20/h2-19H,1H3,(H,34,39)(H,35,38)(H,33,36,37)/b26-16+. The monoisotopic (exact) mass is 590 g/mol. The molecular weight excluding hydrogens is 567 g/mol. The van der Waals surface area contributed by atoms with Gasteiger partial charge in [0, 0.05) is 27.4 Å². The maximum absolute atomic E-state index is 13.3. The molecule has 3 amide bonds. The van der Waals surface area contributed by atoms with Crippen LogP contribution >= 0.6 is 35.0 Å². The van der Waals surface area contributed by atoms with Gasteiger partial charge in [0.2, 0.25) is 5.91 Å². The summed E-state index contributed by atoms with van der Waals surface area (Å²) in [6.45, 7) is 1.77. The highest BCUT2D eigenvalue weighted by atomic mass is 35.5. The van der Waals surface area contributed by atoms with E-state index in [-0.39, 0.29) is 11.6 Å². The predicted octanol–water partition coefficient (Wildman–Crippen LogP) is 6.92. The Bertz CT molecular complexity index is 1550. The Morgan fingerprint density at radius 3 is 2.35 bits per heavy atom. The van der Waals surface area contributed by atoms with E-state index in [1.165, 1.54) is 24.0 Å². The number of anilines is 2. The van der Waals surface area contributed by atoms with E-state index in [2.05, 4.69) is 20.9 Å². The van der Waals surface area contributed by atoms with Crippen molar-refractivity contribution in [2.75, 3.05) is 10.6 Å². The van der Waals surface area contributed by atoms with Gasteiger partial charge in [-0.1, -0.05) is 65.7 Å². The average molecular weight is 592 g/mol. The third-order valence-electron chi connectivity index (χ3n) is 5.49. The van der Waals surface area contributed by atoms with Crippen LogP contribution in [0.4, 0.5) is 11.5 Å². The number of carbonyl (C=O) groups excluding carboxylic acids is 3. The Hall–Kier alpha value is -4.11. The van der Waals surface area contributed by atoms with Crippen LogP contribution in [0.15, 0.2) is 108 Å². The molecule has 0 aliphatic carbocycles. The van der Waals surface area contributed by atoms with Crippen LogP contribution in [0, 0.1) is 0 Å². The van der Waals surface area contributed by atoms with Crippen LogP contribution in [-0.2, 0) is 9.59 Å². The molecule has 10 heteroatoms. The highest BCUT2D eigenvalue weighted by Crippen LogP contribution is 2.27. The number of rotatable bonds is 9. The Morgan fingerprint density at radius 1 is 0.875 bits per heavy atom. The van der Waals surface area contributed by atoms with E-state index in [0.29, 0.717) is 32.7 Å². The first-order chi connectivity index (χ1) is 19.3. The second-order valence-corrected chi connectivity index (χ2v) is 10.8. The largest absolute Gasteiger partial charge is 0.321 e. The van der Waals surface area contributed by atoms with Crippen LogP contribution in [0.1, 0.15) is 22.8 Å². The molecule has 40 heavy (non-hydrogen) atoms. The number of aromatic nitrogens is 1. The van der Waals surface area contributed by atoms with Crippen LogP contribution < -0.4 is 16.0 Å². The fraction of sp³-hybridized carbons (Fsp3) is 0.0667. The third kappa shape index (κ3) is 8.19. The number of hydrogen-bond donors (Lipinski definition) is 3. The maximum Gasteiger partial charge on any atom is 0.272 e. The van der Waals surface area contributed by atoms with Crippen molar-refractivity contribution in [3.63, 3.8) is 0 Å². The van der Waals surface area contributed by atoms with Gasteiger partial charge in [-0.15, -0.1) is 11.8 Å². The van der Waals surface area contributed by atoms with Crippen LogP contribution in [0.25, 0.3) is 6.08 Å². The Kier molecular flexibility index (Phi) is 9.96. The van der Waals surface area contributed by atoms with E-state index in [1.54, 1.807) is 91.9 Å². The summed E-state index contributed by atoms with van der Waals surface area (Å²) >= 11 is 13.5. The second kappa shape index (κ2) is 13.8. The molecule has 1 aromatic heterocycles. The van der Waals surface area contributed by atoms with Gasteiger partial charge in [0.05, 0.1) is 10.3 Å². The topological polar surface area (TPSA) is 100 Å². The predicted molar refractivity (Wildman–Crippen MR) is 162 cm³/mol. The fourth-order valence-electron chi connectivity index (χ4n) is 3.47. The van der Waals surface area contributed by atoms with Gasteiger partial charge in [0.1, 0.15) is 11.5 Å². The van der Waals surface area contributed by atoms with E-state index in [0.717, 1.165) is 4.90 Å². The average Bonchev–Trinajstić information content (AvgIpc) is 2.95. The summed E-state index contributed by atoms with van der Waals surface area (Å²) in [5, 5.41) is 8.73. The van der Waals surface area contributed by atoms with Crippen molar-refractivity contribution in [2.45, 2.75) is 17.1 Å². The highest BCUT2D eigenvalue weighted by molar-refractivity contribution is 8.00. The normalized spacial score (nSPS) is 11.8. The van der Waals surface area contributed by atoms with Crippen molar-refractivity contribution in [3.05, 3.63) is 124 Å². The summed E-state index contributed by atoms with van der Waals surface area (Å²) < 4.78 is 0. The quantitative estimate of drug-likeness (QED) is 0.145. The van der Waals surface area contributed by atoms with Crippen molar-refractivity contribution in [1.29, 1.82) is 0 Å². The number of pyridine rings is 1. The van der Waals surface area contributed by atoms with Gasteiger partial charge in [-0.3, -0.25) is 14.4 Å². The minimum Gasteiger partial charge on any atom is -0.321 e. The molecule has 0 aliphatic heterocycles. The summed E-state index contributed by atoms with van der Waals surface area (Å²) in [6.07, 6.45) is 2.98. The first kappa shape index (κ1) is 28.9. The summed E-state index contributed by atoms with van der Waals surface area (Å²) in [7, 11) is 0. The van der Waals surface area contributed by atoms with Gasteiger partial charge in [-0.05, 0) is 67.1 Å². The number of benzene rings is 3. The van der Waals surface area contributed by atoms with Gasteiger partial charge in [-0.25, -0.2) is 4.98 Å². The Balaban J connectivity index is 1.48. The molecule has 0 bridgehead atoms. The number of thioether (sulfide) groups is 1. The molecule has 0 saturated carbocycles. The minimum absolute atomic E-state index is 0.0169. The van der Waals surface area contributed by atoms with Crippen molar-refractivity contribution in [3.8, 4) is 0 Å². The first-order valence-corrected chi connectivity index (χ1v) is 13.7. The molecule has 0 spiro atoms. The zero-order valence-corrected chi connectivity index (χ0v) is 23.6. The number of halogens is 2. The number of nitrogens with zero attached hydrogens (tertiary/aromatic N) is 1. The lowest BCUT2D eigenvalue weighted by Gasteiger charge is -2.14. The van der Waals surface area contributed by atoms with Gasteiger partial charge in [0.15, 0.2) is 0 Å². The van der Waals surface area contributed by atoms with Crippen molar-refractivity contribution in [1.82, 2.24) is 10.3 Å². The maximum atomic E-state index is 13.3. The van der Waals surface area contributed by atoms with Gasteiger partial charge in [-0.2, -0.15) is 0 Å². The smallest absolute Gasteiger partial charge is 0.272 e. The molecule has 202 valence electrons. The number of hydrogen-bond acceptors (Lipinski definition) is 5. The van der Waals surface area contributed by atoms with E-state index < -0.39 is 17.1 Å². The summed E-state index contributed by atoms with van der Waals surface area (Å²) in [6, 6.07) is 25.9. The van der Waals surface area contributed by atoms with Crippen LogP contribution in [0.5, 0.6) is 0 Å². The van der Waals surface area contributed by atoms with Gasteiger partial charge < -0.3 is 16.0 Å². The Morgan fingerprint density at radius 2 is 1.62 bits per heavy atom. The van der Waals surface area contributed by atoms with Gasteiger partial charge >= 0.3 is 0 Å². The summed E-state index contributed by atoms with van der Waals surface area (Å²) in [5.74, 6) is -0.805. The van der Waals surface area contributed by atoms with Crippen LogP contribution in [-0.4, -0.2) is 28.0 Å². The van der Waals surface area contributed by atoms with E-state index in [9.17, 15) is 14.4 Å². The number of carbonyl (C=O) groups is 3. The molecule has 7 nitrogen and oxygen atoms in total. The van der Waals surface area contributed by atoms with E-state index in [4.69, 9.17) is 23.2 Å². The third-order valence-corrected chi connectivity index (χ3v) is 7.15.